The lowest BCUT2D eigenvalue weighted by Crippen LogP contribution is -2.11. The van der Waals surface area contributed by atoms with Gasteiger partial charge in [0.2, 0.25) is 15.7 Å². The van der Waals surface area contributed by atoms with Crippen molar-refractivity contribution in [1.82, 2.24) is 20.1 Å². The van der Waals surface area contributed by atoms with Crippen LogP contribution in [0, 0.1) is 0 Å². The lowest BCUT2D eigenvalue weighted by atomic mass is 10.3. The number of carboxylic acids is 2. The number of rotatable bonds is 8. The average Bonchev–Trinajstić information content (AvgIpc) is 3.23. The number of carbonyl (C=O) groups is 2. The van der Waals surface area contributed by atoms with Crippen molar-refractivity contribution in [3.8, 4) is 11.6 Å². The van der Waals surface area contributed by atoms with Gasteiger partial charge in [-0.2, -0.15) is 5.10 Å². The highest BCUT2D eigenvalue weighted by Gasteiger charge is 2.26. The molecule has 2 heterocycles. The maximum atomic E-state index is 13.2. The van der Waals surface area contributed by atoms with Crippen molar-refractivity contribution in [2.24, 2.45) is 0 Å². The molecule has 3 rings (SSSR count). The predicted molar refractivity (Wildman–Crippen MR) is 122 cm³/mol. The third kappa shape index (κ3) is 6.88. The van der Waals surface area contributed by atoms with Crippen LogP contribution in [0.1, 0.15) is 5.69 Å². The Labute approximate surface area is 200 Å². The molecule has 2 aromatic heterocycles. The van der Waals surface area contributed by atoms with Gasteiger partial charge in [-0.05, 0) is 25.2 Å². The molecule has 0 radical (unpaired) electrons. The summed E-state index contributed by atoms with van der Waals surface area (Å²) in [5.74, 6) is -2.30. The minimum Gasteiger partial charge on any atom is -0.481 e. The van der Waals surface area contributed by atoms with E-state index in [-0.39, 0.29) is 15.8 Å². The van der Waals surface area contributed by atoms with Gasteiger partial charge in [-0.3, -0.25) is 0 Å². The Balaban J connectivity index is 0.000000440. The number of sulfone groups is 1. The molecular weight excluding hydrogens is 488 g/mol. The van der Waals surface area contributed by atoms with Gasteiger partial charge >= 0.3 is 11.9 Å². The number of para-hydroxylation sites is 1. The van der Waals surface area contributed by atoms with Crippen molar-refractivity contribution < 1.29 is 33.0 Å². The molecule has 0 aliphatic carbocycles. The number of aromatic nitrogens is 3. The van der Waals surface area contributed by atoms with Crippen molar-refractivity contribution in [3.05, 3.63) is 71.5 Å². The Morgan fingerprint density at radius 3 is 2.35 bits per heavy atom. The van der Waals surface area contributed by atoms with E-state index in [0.717, 1.165) is 0 Å². The van der Waals surface area contributed by atoms with Crippen molar-refractivity contribution in [1.29, 1.82) is 0 Å². The fourth-order valence-corrected chi connectivity index (χ4v) is 4.21. The van der Waals surface area contributed by atoms with Gasteiger partial charge in [0.15, 0.2) is 5.03 Å². The number of methoxy groups -OCH3 is 1. The molecule has 0 atom stereocenters. The highest BCUT2D eigenvalue weighted by Crippen LogP contribution is 2.28. The summed E-state index contributed by atoms with van der Waals surface area (Å²) >= 11 is 6.26. The highest BCUT2D eigenvalue weighted by molar-refractivity contribution is 7.91. The molecule has 0 aliphatic heterocycles. The van der Waals surface area contributed by atoms with Gasteiger partial charge in [-0.1, -0.05) is 23.7 Å². The Kier molecular flexibility index (Phi) is 9.30. The molecule has 0 spiro atoms. The normalized spacial score (nSPS) is 11.0. The molecule has 0 bridgehead atoms. The maximum absolute atomic E-state index is 13.2. The Morgan fingerprint density at radius 2 is 1.79 bits per heavy atom. The van der Waals surface area contributed by atoms with E-state index in [2.05, 4.69) is 15.4 Å². The lowest BCUT2D eigenvalue weighted by Gasteiger charge is -2.10. The number of hydrogen-bond acceptors (Lipinski definition) is 8. The number of halogens is 1. The summed E-state index contributed by atoms with van der Waals surface area (Å²) < 4.78 is 32.8. The van der Waals surface area contributed by atoms with Gasteiger partial charge in [0.05, 0.1) is 28.4 Å². The first-order valence-electron chi connectivity index (χ1n) is 9.47. The number of carboxylic acid groups (broad SMARTS) is 2. The van der Waals surface area contributed by atoms with Crippen LogP contribution >= 0.6 is 11.6 Å². The number of pyridine rings is 1. The second-order valence-corrected chi connectivity index (χ2v) is 8.72. The molecule has 0 aliphatic rings. The zero-order valence-corrected chi connectivity index (χ0v) is 19.6. The summed E-state index contributed by atoms with van der Waals surface area (Å²) in [6, 6.07) is 11.3. The average molecular weight is 509 g/mol. The molecule has 11 nitrogen and oxygen atoms in total. The van der Waals surface area contributed by atoms with E-state index in [1.807, 2.05) is 0 Å². The second kappa shape index (κ2) is 11.9. The molecule has 0 saturated carbocycles. The van der Waals surface area contributed by atoms with Gasteiger partial charge in [0.1, 0.15) is 0 Å². The second-order valence-electron chi connectivity index (χ2n) is 6.41. The standard InChI is InChI=1S/C17H17ClN4O3S.C4H4O4/c1-19-11-12-9-17(22(21-12)15-6-4-3-5-14(15)18)26(23,24)13-7-8-20-16(10-13)25-2;5-3(6)1-2-4(7)8/h3-10,19H,11H2,1-2H3;1-2H,(H,5,6)(H,7,8). The molecule has 0 fully saturated rings. The van der Waals surface area contributed by atoms with E-state index in [4.69, 9.17) is 26.6 Å². The van der Waals surface area contributed by atoms with Crippen LogP contribution in [0.15, 0.2) is 70.7 Å². The first-order chi connectivity index (χ1) is 16.1. The Morgan fingerprint density at radius 1 is 1.15 bits per heavy atom. The molecule has 0 unspecified atom stereocenters. The van der Waals surface area contributed by atoms with E-state index in [0.29, 0.717) is 35.1 Å². The number of nitrogens with zero attached hydrogens (tertiary/aromatic N) is 3. The third-order valence-corrected chi connectivity index (χ3v) is 6.07. The largest absolute Gasteiger partial charge is 0.481 e. The summed E-state index contributed by atoms with van der Waals surface area (Å²) in [7, 11) is -0.682. The smallest absolute Gasteiger partial charge is 0.328 e. The van der Waals surface area contributed by atoms with Crippen LogP contribution < -0.4 is 10.1 Å². The summed E-state index contributed by atoms with van der Waals surface area (Å²) in [5.41, 5.74) is 1.06. The van der Waals surface area contributed by atoms with Crippen LogP contribution in [0.2, 0.25) is 5.02 Å². The SMILES string of the molecule is CNCc1cc(S(=O)(=O)c2ccnc(OC)c2)n(-c2ccccc2Cl)n1.O=C(O)C=CC(=O)O. The van der Waals surface area contributed by atoms with Crippen LogP contribution in [0.3, 0.4) is 0 Å². The molecule has 13 heteroatoms. The minimum atomic E-state index is -3.87. The van der Waals surface area contributed by atoms with Gasteiger partial charge in [0, 0.05) is 37.0 Å². The zero-order valence-electron chi connectivity index (χ0n) is 18.0. The van der Waals surface area contributed by atoms with Crippen molar-refractivity contribution >= 4 is 33.4 Å². The first kappa shape index (κ1) is 26.5. The Bertz CT molecular complexity index is 1290. The van der Waals surface area contributed by atoms with E-state index >= 15 is 0 Å². The molecule has 34 heavy (non-hydrogen) atoms. The van der Waals surface area contributed by atoms with Crippen molar-refractivity contribution in [2.45, 2.75) is 16.5 Å². The molecule has 180 valence electrons. The molecule has 1 aromatic carbocycles. The topological polar surface area (TPSA) is 161 Å². The Hall–Kier alpha value is -3.74. The van der Waals surface area contributed by atoms with Gasteiger partial charge in [-0.15, -0.1) is 0 Å². The van der Waals surface area contributed by atoms with Crippen molar-refractivity contribution in [3.63, 3.8) is 0 Å². The third-order valence-electron chi connectivity index (χ3n) is 4.04. The van der Waals surface area contributed by atoms with Gasteiger partial charge < -0.3 is 20.3 Å². The summed E-state index contributed by atoms with van der Waals surface area (Å²) in [6.45, 7) is 0.416. The summed E-state index contributed by atoms with van der Waals surface area (Å²) in [4.78, 5) is 23.1. The van der Waals surface area contributed by atoms with Crippen LogP contribution in [0.25, 0.3) is 5.69 Å². The van der Waals surface area contributed by atoms with E-state index < -0.39 is 21.8 Å². The van der Waals surface area contributed by atoms with E-state index in [9.17, 15) is 18.0 Å². The summed E-state index contributed by atoms with van der Waals surface area (Å²) in [5, 5.41) is 23.4. The van der Waals surface area contributed by atoms with Crippen LogP contribution in [0.5, 0.6) is 5.88 Å². The number of aliphatic carboxylic acids is 2. The monoisotopic (exact) mass is 508 g/mol. The maximum Gasteiger partial charge on any atom is 0.328 e. The highest BCUT2D eigenvalue weighted by atomic mass is 35.5. The van der Waals surface area contributed by atoms with Crippen LogP contribution in [0.4, 0.5) is 0 Å². The van der Waals surface area contributed by atoms with Gasteiger partial charge in [0.25, 0.3) is 0 Å². The number of hydrogen-bond donors (Lipinski definition) is 3. The predicted octanol–water partition coefficient (Wildman–Crippen LogP) is 2.19. The molecule has 0 amide bonds. The lowest BCUT2D eigenvalue weighted by molar-refractivity contribution is -0.134. The number of ether oxygens (including phenoxy) is 1. The number of benzene rings is 1. The molecular formula is C21H21ClN4O7S. The minimum absolute atomic E-state index is 0.0177. The molecule has 3 aromatic rings. The van der Waals surface area contributed by atoms with Crippen LogP contribution in [-0.2, 0) is 26.0 Å². The fourth-order valence-electron chi connectivity index (χ4n) is 2.60. The summed E-state index contributed by atoms with van der Waals surface area (Å²) in [6.07, 6.45) is 2.50. The zero-order chi connectivity index (χ0) is 25.3. The van der Waals surface area contributed by atoms with E-state index in [1.165, 1.54) is 36.2 Å². The van der Waals surface area contributed by atoms with Gasteiger partial charge in [-0.25, -0.2) is 27.7 Å². The number of nitrogens with one attached hydrogen (secondary N) is 1. The van der Waals surface area contributed by atoms with Crippen LogP contribution in [-0.4, -0.2) is 59.5 Å². The fraction of sp³-hybridized carbons (Fsp3) is 0.143. The molecule has 3 N–H and O–H groups in total. The first-order valence-corrected chi connectivity index (χ1v) is 11.3. The van der Waals surface area contributed by atoms with Crippen molar-refractivity contribution in [2.75, 3.05) is 14.2 Å². The van der Waals surface area contributed by atoms with E-state index in [1.54, 1.807) is 31.3 Å². The quantitative estimate of drug-likeness (QED) is 0.384. The molecule has 0 saturated heterocycles.